The summed E-state index contributed by atoms with van der Waals surface area (Å²) in [5.74, 6) is 0.553. The first-order valence-corrected chi connectivity index (χ1v) is 10.7. The first-order chi connectivity index (χ1) is 11.0. The van der Waals surface area contributed by atoms with Crippen LogP contribution >= 0.6 is 7.60 Å². The fourth-order valence-corrected chi connectivity index (χ4v) is 3.97. The fourth-order valence-electron chi connectivity index (χ4n) is 2.24. The predicted molar refractivity (Wildman–Crippen MR) is 98.2 cm³/mol. The molecule has 1 aromatic rings. The number of unbranched alkanes of at least 4 members (excludes halogenated alkanes) is 2. The van der Waals surface area contributed by atoms with Crippen LogP contribution in [-0.4, -0.2) is 13.2 Å². The van der Waals surface area contributed by atoms with E-state index in [4.69, 9.17) is 9.05 Å². The number of benzene rings is 1. The number of hydrogen-bond acceptors (Lipinski definition) is 3. The second kappa shape index (κ2) is 11.0. The molecule has 0 saturated carbocycles. The molecule has 1 unspecified atom stereocenters. The van der Waals surface area contributed by atoms with Crippen LogP contribution in [0.2, 0.25) is 0 Å². The van der Waals surface area contributed by atoms with Crippen molar-refractivity contribution in [2.75, 3.05) is 13.2 Å². The van der Waals surface area contributed by atoms with Crippen molar-refractivity contribution in [1.29, 1.82) is 0 Å². The molecule has 0 aromatic heterocycles. The quantitative estimate of drug-likeness (QED) is 0.321. The molecule has 0 aliphatic carbocycles. The molecule has 0 aliphatic rings. The van der Waals surface area contributed by atoms with Gasteiger partial charge in [0.1, 0.15) is 0 Å². The summed E-state index contributed by atoms with van der Waals surface area (Å²) in [6.07, 6.45) is 5.36. The lowest BCUT2D eigenvalue weighted by Gasteiger charge is -2.19. The van der Waals surface area contributed by atoms with Gasteiger partial charge >= 0.3 is 7.60 Å². The van der Waals surface area contributed by atoms with Crippen LogP contribution in [0.4, 0.5) is 0 Å². The van der Waals surface area contributed by atoms with Crippen LogP contribution in [0, 0.1) is 0 Å². The Hall–Kier alpha value is -0.630. The van der Waals surface area contributed by atoms with E-state index < -0.39 is 7.60 Å². The van der Waals surface area contributed by atoms with Crippen molar-refractivity contribution in [2.24, 2.45) is 0 Å². The Kier molecular flexibility index (Phi) is 9.78. The van der Waals surface area contributed by atoms with Crippen molar-refractivity contribution in [3.05, 3.63) is 35.4 Å². The third-order valence-corrected chi connectivity index (χ3v) is 6.01. The molecule has 0 heterocycles. The van der Waals surface area contributed by atoms with E-state index >= 15 is 0 Å². The Morgan fingerprint density at radius 3 is 1.91 bits per heavy atom. The molecule has 0 aliphatic heterocycles. The Morgan fingerprint density at radius 1 is 0.957 bits per heavy atom. The molecule has 0 saturated heterocycles. The molecule has 3 nitrogen and oxygen atoms in total. The molecule has 0 radical (unpaired) electrons. The summed E-state index contributed by atoms with van der Waals surface area (Å²) in [5.41, 5.74) is 2.35. The Bertz CT molecular complexity index is 456. The van der Waals surface area contributed by atoms with Gasteiger partial charge < -0.3 is 9.05 Å². The minimum atomic E-state index is -3.05. The second-order valence-corrected chi connectivity index (χ2v) is 8.25. The lowest BCUT2D eigenvalue weighted by Crippen LogP contribution is -2.02. The van der Waals surface area contributed by atoms with E-state index in [1.807, 2.05) is 0 Å². The SMILES string of the molecule is CCCCOP(=O)(Cc1ccc(C(C)CC)cc1)OCCCC. The molecule has 1 rings (SSSR count). The van der Waals surface area contributed by atoms with E-state index in [9.17, 15) is 4.57 Å². The minimum Gasteiger partial charge on any atom is -0.308 e. The predicted octanol–water partition coefficient (Wildman–Crippen LogP) is 6.53. The van der Waals surface area contributed by atoms with Crippen LogP contribution in [0.1, 0.15) is 76.8 Å². The maximum Gasteiger partial charge on any atom is 0.335 e. The van der Waals surface area contributed by atoms with Gasteiger partial charge in [-0.1, -0.05) is 64.8 Å². The normalized spacial score (nSPS) is 13.2. The monoisotopic (exact) mass is 340 g/mol. The second-order valence-electron chi connectivity index (χ2n) is 6.19. The Balaban J connectivity index is 2.72. The molecule has 1 atom stereocenters. The lowest BCUT2D eigenvalue weighted by molar-refractivity contribution is 0.199. The molecule has 1 aromatic carbocycles. The standard InChI is InChI=1S/C19H33O3P/c1-5-8-14-21-23(20,22-15-9-6-2)16-18-10-12-19(13-11-18)17(4)7-3/h10-13,17H,5-9,14-16H2,1-4H3. The van der Waals surface area contributed by atoms with Crippen LogP contribution in [0.5, 0.6) is 0 Å². The van der Waals surface area contributed by atoms with Crippen LogP contribution < -0.4 is 0 Å². The topological polar surface area (TPSA) is 35.5 Å². The fraction of sp³-hybridized carbons (Fsp3) is 0.684. The summed E-state index contributed by atoms with van der Waals surface area (Å²) >= 11 is 0. The lowest BCUT2D eigenvalue weighted by atomic mass is 9.98. The van der Waals surface area contributed by atoms with Gasteiger partial charge in [-0.2, -0.15) is 0 Å². The highest BCUT2D eigenvalue weighted by atomic mass is 31.2. The molecule has 0 fully saturated rings. The van der Waals surface area contributed by atoms with Crippen molar-refractivity contribution in [3.8, 4) is 0 Å². The number of rotatable bonds is 12. The molecule has 23 heavy (non-hydrogen) atoms. The van der Waals surface area contributed by atoms with E-state index in [-0.39, 0.29) is 0 Å². The zero-order chi connectivity index (χ0) is 17.1. The first-order valence-electron chi connectivity index (χ1n) is 9.01. The van der Waals surface area contributed by atoms with Gasteiger partial charge in [-0.3, -0.25) is 4.57 Å². The third-order valence-electron chi connectivity index (χ3n) is 4.11. The zero-order valence-corrected chi connectivity index (χ0v) is 16.1. The van der Waals surface area contributed by atoms with Crippen molar-refractivity contribution in [1.82, 2.24) is 0 Å². The molecule has 4 heteroatoms. The molecule has 0 N–H and O–H groups in total. The maximum absolute atomic E-state index is 13.0. The zero-order valence-electron chi connectivity index (χ0n) is 15.2. The minimum absolute atomic E-state index is 0.362. The number of hydrogen-bond donors (Lipinski definition) is 0. The van der Waals surface area contributed by atoms with E-state index in [1.165, 1.54) is 5.56 Å². The third kappa shape index (κ3) is 7.65. The van der Waals surface area contributed by atoms with Crippen LogP contribution in [0.3, 0.4) is 0 Å². The maximum atomic E-state index is 13.0. The van der Waals surface area contributed by atoms with Gasteiger partial charge in [0.05, 0.1) is 19.4 Å². The van der Waals surface area contributed by atoms with Crippen molar-refractivity contribution in [3.63, 3.8) is 0 Å². The van der Waals surface area contributed by atoms with Gasteiger partial charge in [0.25, 0.3) is 0 Å². The Labute approximate surface area is 142 Å². The summed E-state index contributed by atoms with van der Waals surface area (Å²) in [5, 5.41) is 0. The molecule has 0 spiro atoms. The summed E-state index contributed by atoms with van der Waals surface area (Å²) in [6.45, 7) is 9.62. The van der Waals surface area contributed by atoms with Gasteiger partial charge in [-0.25, -0.2) is 0 Å². The molecular weight excluding hydrogens is 307 g/mol. The van der Waals surface area contributed by atoms with Crippen LogP contribution in [0.15, 0.2) is 24.3 Å². The Morgan fingerprint density at radius 2 is 1.48 bits per heavy atom. The van der Waals surface area contributed by atoms with Gasteiger partial charge in [0.15, 0.2) is 0 Å². The highest BCUT2D eigenvalue weighted by molar-refractivity contribution is 7.53. The first kappa shape index (κ1) is 20.4. The van der Waals surface area contributed by atoms with Crippen molar-refractivity contribution < 1.29 is 13.6 Å². The highest BCUT2D eigenvalue weighted by Crippen LogP contribution is 2.51. The van der Waals surface area contributed by atoms with Gasteiger partial charge in [0, 0.05) is 0 Å². The molecule has 132 valence electrons. The van der Waals surface area contributed by atoms with E-state index in [1.54, 1.807) is 0 Å². The average Bonchev–Trinajstić information content (AvgIpc) is 2.55. The van der Waals surface area contributed by atoms with E-state index in [0.29, 0.717) is 25.3 Å². The summed E-state index contributed by atoms with van der Waals surface area (Å²) < 4.78 is 24.3. The van der Waals surface area contributed by atoms with Crippen LogP contribution in [0.25, 0.3) is 0 Å². The molecule has 0 amide bonds. The highest BCUT2D eigenvalue weighted by Gasteiger charge is 2.25. The van der Waals surface area contributed by atoms with Gasteiger partial charge in [-0.15, -0.1) is 0 Å². The van der Waals surface area contributed by atoms with E-state index in [0.717, 1.165) is 37.7 Å². The van der Waals surface area contributed by atoms with E-state index in [2.05, 4.69) is 52.0 Å². The smallest absolute Gasteiger partial charge is 0.308 e. The van der Waals surface area contributed by atoms with Crippen molar-refractivity contribution >= 4 is 7.60 Å². The van der Waals surface area contributed by atoms with Gasteiger partial charge in [-0.05, 0) is 36.3 Å². The molecule has 0 bridgehead atoms. The van der Waals surface area contributed by atoms with Crippen molar-refractivity contribution in [2.45, 2.75) is 71.9 Å². The van der Waals surface area contributed by atoms with Gasteiger partial charge in [0.2, 0.25) is 0 Å². The average molecular weight is 340 g/mol. The summed E-state index contributed by atoms with van der Waals surface area (Å²) in [7, 11) is -3.05. The summed E-state index contributed by atoms with van der Waals surface area (Å²) in [6, 6.07) is 8.37. The molecular formula is C19H33O3P. The largest absolute Gasteiger partial charge is 0.335 e. The van der Waals surface area contributed by atoms with Crippen LogP contribution in [-0.2, 0) is 19.8 Å². The summed E-state index contributed by atoms with van der Waals surface area (Å²) in [4.78, 5) is 0.